The molecular weight excluding hydrogens is 344 g/mol. The van der Waals surface area contributed by atoms with Crippen molar-refractivity contribution in [1.29, 1.82) is 0 Å². The van der Waals surface area contributed by atoms with Crippen LogP contribution < -0.4 is 0 Å². The van der Waals surface area contributed by atoms with Crippen molar-refractivity contribution in [2.45, 2.75) is 98.5 Å². The Bertz CT molecular complexity index is 784. The van der Waals surface area contributed by atoms with Gasteiger partial charge in [0.2, 0.25) is 0 Å². The highest BCUT2D eigenvalue weighted by molar-refractivity contribution is 5.49. The fraction of sp³-hybridized carbons (Fsp3) is 0.615. The number of allylic oxidation sites excluding steroid dienone is 2. The first-order valence-corrected chi connectivity index (χ1v) is 10.7. The normalized spacial score (nSPS) is 21.9. The van der Waals surface area contributed by atoms with Crippen molar-refractivity contribution in [2.24, 2.45) is 5.41 Å². The Balaban J connectivity index is 2.72. The fourth-order valence-electron chi connectivity index (χ4n) is 4.79. The maximum absolute atomic E-state index is 12.2. The molecule has 0 fully saturated rings. The summed E-state index contributed by atoms with van der Waals surface area (Å²) in [6.45, 7) is 19.3. The molecule has 0 saturated carbocycles. The molecule has 0 radical (unpaired) electrons. The Morgan fingerprint density at radius 3 is 2.11 bits per heavy atom. The van der Waals surface area contributed by atoms with E-state index in [0.29, 0.717) is 12.2 Å². The van der Waals surface area contributed by atoms with Gasteiger partial charge in [0.25, 0.3) is 0 Å². The minimum Gasteiger partial charge on any atom is -0.508 e. The molecular formula is C26H40O2. The highest BCUT2D eigenvalue weighted by atomic mass is 16.3. The smallest absolute Gasteiger partial charge is 0.119 e. The monoisotopic (exact) mass is 384 g/mol. The van der Waals surface area contributed by atoms with E-state index in [1.54, 1.807) is 0 Å². The van der Waals surface area contributed by atoms with Crippen molar-refractivity contribution >= 4 is 0 Å². The Morgan fingerprint density at radius 1 is 1.00 bits per heavy atom. The van der Waals surface area contributed by atoms with Crippen LogP contribution in [0.25, 0.3) is 0 Å². The SMILES string of the molecule is CCCC(c1cc(C(C)(C)C)c(O)cc1C)C1(O)CC(C)=CC=C1C(C)(C)C. The van der Waals surface area contributed by atoms with Crippen LogP contribution in [0.15, 0.2) is 35.4 Å². The predicted molar refractivity (Wildman–Crippen MR) is 120 cm³/mol. The molecule has 1 aliphatic rings. The van der Waals surface area contributed by atoms with Crippen LogP contribution in [0.1, 0.15) is 97.3 Å². The molecule has 156 valence electrons. The zero-order chi connectivity index (χ0) is 21.5. The molecule has 1 aliphatic carbocycles. The summed E-state index contributed by atoms with van der Waals surface area (Å²) in [5.74, 6) is 0.343. The second kappa shape index (κ2) is 7.71. The summed E-state index contributed by atoms with van der Waals surface area (Å²) in [6, 6.07) is 4.03. The predicted octanol–water partition coefficient (Wildman–Crippen LogP) is 6.94. The number of phenols is 1. The third-order valence-electron chi connectivity index (χ3n) is 6.08. The molecule has 2 rings (SSSR count). The van der Waals surface area contributed by atoms with E-state index >= 15 is 0 Å². The summed E-state index contributed by atoms with van der Waals surface area (Å²) < 4.78 is 0. The van der Waals surface area contributed by atoms with E-state index in [0.717, 1.165) is 35.1 Å². The Hall–Kier alpha value is -1.54. The van der Waals surface area contributed by atoms with Crippen molar-refractivity contribution in [3.63, 3.8) is 0 Å². The Kier molecular flexibility index (Phi) is 6.26. The third kappa shape index (κ3) is 4.38. The largest absolute Gasteiger partial charge is 0.508 e. The lowest BCUT2D eigenvalue weighted by Crippen LogP contribution is -2.44. The molecule has 0 spiro atoms. The first kappa shape index (κ1) is 22.7. The van der Waals surface area contributed by atoms with E-state index < -0.39 is 5.60 Å². The van der Waals surface area contributed by atoms with Crippen molar-refractivity contribution in [3.05, 3.63) is 52.1 Å². The van der Waals surface area contributed by atoms with Crippen molar-refractivity contribution in [1.82, 2.24) is 0 Å². The molecule has 2 heteroatoms. The van der Waals surface area contributed by atoms with Crippen LogP contribution in [0.3, 0.4) is 0 Å². The maximum atomic E-state index is 12.2. The molecule has 0 heterocycles. The average Bonchev–Trinajstić information content (AvgIpc) is 2.50. The van der Waals surface area contributed by atoms with Gasteiger partial charge in [-0.15, -0.1) is 0 Å². The highest BCUT2D eigenvalue weighted by Gasteiger charge is 2.46. The quantitative estimate of drug-likeness (QED) is 0.590. The maximum Gasteiger partial charge on any atom is 0.119 e. The molecule has 2 N–H and O–H groups in total. The van der Waals surface area contributed by atoms with Crippen molar-refractivity contribution in [3.8, 4) is 5.75 Å². The van der Waals surface area contributed by atoms with Gasteiger partial charge < -0.3 is 10.2 Å². The van der Waals surface area contributed by atoms with Crippen LogP contribution in [0.2, 0.25) is 0 Å². The van der Waals surface area contributed by atoms with Gasteiger partial charge >= 0.3 is 0 Å². The van der Waals surface area contributed by atoms with Gasteiger partial charge in [0.15, 0.2) is 0 Å². The number of aliphatic hydroxyl groups is 1. The number of aryl methyl sites for hydroxylation is 1. The minimum absolute atomic E-state index is 0.00618. The van der Waals surface area contributed by atoms with Gasteiger partial charge in [-0.3, -0.25) is 0 Å². The Morgan fingerprint density at radius 2 is 1.61 bits per heavy atom. The summed E-state index contributed by atoms with van der Waals surface area (Å²) in [7, 11) is 0. The van der Waals surface area contributed by atoms with Crippen molar-refractivity contribution in [2.75, 3.05) is 0 Å². The molecule has 0 aromatic heterocycles. The zero-order valence-electron chi connectivity index (χ0n) is 19.4. The third-order valence-corrected chi connectivity index (χ3v) is 6.08. The molecule has 1 aromatic rings. The zero-order valence-corrected chi connectivity index (χ0v) is 19.4. The van der Waals surface area contributed by atoms with E-state index in [2.05, 4.69) is 80.5 Å². The Labute approximate surface area is 172 Å². The standard InChI is InChI=1S/C26H40O2/c1-10-11-20(19-15-21(24(4,5)6)22(27)14-18(19)3)26(28)16-17(2)12-13-23(26)25(7,8)9/h12-15,20,27-28H,10-11,16H2,1-9H3. The van der Waals surface area contributed by atoms with Gasteiger partial charge in [0, 0.05) is 12.3 Å². The van der Waals surface area contributed by atoms with Gasteiger partial charge in [-0.2, -0.15) is 0 Å². The summed E-state index contributed by atoms with van der Waals surface area (Å²) in [5.41, 5.74) is 4.30. The van der Waals surface area contributed by atoms with Crippen LogP contribution in [-0.2, 0) is 5.41 Å². The lowest BCUT2D eigenvalue weighted by molar-refractivity contribution is 0.0264. The van der Waals surface area contributed by atoms with Crippen LogP contribution in [0.5, 0.6) is 5.75 Å². The first-order chi connectivity index (χ1) is 12.7. The van der Waals surface area contributed by atoms with Gasteiger partial charge in [-0.25, -0.2) is 0 Å². The fourth-order valence-corrected chi connectivity index (χ4v) is 4.79. The van der Waals surface area contributed by atoms with Gasteiger partial charge in [-0.05, 0) is 59.4 Å². The molecule has 0 aliphatic heterocycles. The molecule has 2 atom stereocenters. The van der Waals surface area contributed by atoms with Crippen LogP contribution >= 0.6 is 0 Å². The van der Waals surface area contributed by atoms with Gasteiger partial charge in [0.05, 0.1) is 5.60 Å². The van der Waals surface area contributed by atoms with E-state index in [-0.39, 0.29) is 16.7 Å². The average molecular weight is 385 g/mol. The lowest BCUT2D eigenvalue weighted by Gasteiger charge is -2.46. The van der Waals surface area contributed by atoms with E-state index in [1.807, 2.05) is 6.07 Å². The number of hydrogen-bond acceptors (Lipinski definition) is 2. The molecule has 0 bridgehead atoms. The van der Waals surface area contributed by atoms with E-state index in [1.165, 1.54) is 5.57 Å². The van der Waals surface area contributed by atoms with Crippen molar-refractivity contribution < 1.29 is 10.2 Å². The van der Waals surface area contributed by atoms with Gasteiger partial charge in [0.1, 0.15) is 5.75 Å². The van der Waals surface area contributed by atoms with E-state index in [4.69, 9.17) is 0 Å². The molecule has 0 saturated heterocycles. The van der Waals surface area contributed by atoms with Crippen LogP contribution in [0, 0.1) is 12.3 Å². The number of hydrogen-bond donors (Lipinski definition) is 2. The summed E-state index contributed by atoms with van der Waals surface area (Å²) in [6.07, 6.45) is 6.86. The summed E-state index contributed by atoms with van der Waals surface area (Å²) in [4.78, 5) is 0. The second-order valence-corrected chi connectivity index (χ2v) is 10.8. The topological polar surface area (TPSA) is 40.5 Å². The molecule has 28 heavy (non-hydrogen) atoms. The molecule has 0 amide bonds. The molecule has 1 aromatic carbocycles. The van der Waals surface area contributed by atoms with E-state index in [9.17, 15) is 10.2 Å². The summed E-state index contributed by atoms with van der Waals surface area (Å²) >= 11 is 0. The van der Waals surface area contributed by atoms with Crippen LogP contribution in [0.4, 0.5) is 0 Å². The first-order valence-electron chi connectivity index (χ1n) is 10.7. The number of rotatable bonds is 4. The molecule has 2 unspecified atom stereocenters. The number of phenolic OH excluding ortho intramolecular Hbond substituents is 1. The number of aromatic hydroxyl groups is 1. The van der Waals surface area contributed by atoms with Gasteiger partial charge in [-0.1, -0.05) is 78.7 Å². The second-order valence-electron chi connectivity index (χ2n) is 10.8. The minimum atomic E-state index is -0.913. The van der Waals surface area contributed by atoms with Crippen LogP contribution in [-0.4, -0.2) is 15.8 Å². The molecule has 2 nitrogen and oxygen atoms in total. The lowest BCUT2D eigenvalue weighted by atomic mass is 9.62. The highest BCUT2D eigenvalue weighted by Crippen LogP contribution is 2.50. The number of benzene rings is 1. The summed E-state index contributed by atoms with van der Waals surface area (Å²) in [5, 5.41) is 22.8.